The molecule has 90 valence electrons. The molecule has 0 radical (unpaired) electrons. The summed E-state index contributed by atoms with van der Waals surface area (Å²) in [4.78, 5) is 5.31. The number of hydrogen-bond donors (Lipinski definition) is 0. The van der Waals surface area contributed by atoms with E-state index in [0.29, 0.717) is 0 Å². The van der Waals surface area contributed by atoms with Gasteiger partial charge in [0.05, 0.1) is 0 Å². The van der Waals surface area contributed by atoms with E-state index >= 15 is 0 Å². The van der Waals surface area contributed by atoms with Crippen LogP contribution < -0.4 is 0 Å². The van der Waals surface area contributed by atoms with Crippen LogP contribution in [0.2, 0.25) is 0 Å². The molecular weight excluding hydrogens is 184 g/mol. The summed E-state index contributed by atoms with van der Waals surface area (Å²) in [5.41, 5.74) is 0. The van der Waals surface area contributed by atoms with Crippen LogP contribution in [0.5, 0.6) is 0 Å². The lowest BCUT2D eigenvalue weighted by Crippen LogP contribution is -2.37. The van der Waals surface area contributed by atoms with Crippen LogP contribution in [-0.2, 0) is 0 Å². The summed E-state index contributed by atoms with van der Waals surface area (Å²) >= 11 is 0. The van der Waals surface area contributed by atoms with Crippen molar-refractivity contribution in [2.45, 2.75) is 59.0 Å². The maximum Gasteiger partial charge on any atom is 0.0235 e. The Morgan fingerprint density at radius 1 is 1.00 bits per heavy atom. The first-order chi connectivity index (χ1) is 7.27. The number of nitrogens with zero attached hydrogens (tertiary/aromatic N) is 2. The number of likely N-dealkylation sites (tertiary alicyclic amines) is 2. The van der Waals surface area contributed by atoms with E-state index in [9.17, 15) is 0 Å². The van der Waals surface area contributed by atoms with Crippen molar-refractivity contribution < 1.29 is 0 Å². The smallest absolute Gasteiger partial charge is 0.0235 e. The summed E-state index contributed by atoms with van der Waals surface area (Å²) in [7, 11) is 0. The monoisotopic (exact) mass is 212 g/mol. The number of rotatable bonds is 2. The van der Waals surface area contributed by atoms with E-state index in [0.717, 1.165) is 12.1 Å². The minimum absolute atomic E-state index is 0.743. The normalized spacial score (nSPS) is 28.2. The molecule has 1 atom stereocenters. The Labute approximate surface area is 95.6 Å². The zero-order valence-corrected chi connectivity index (χ0v) is 11.0. The van der Waals surface area contributed by atoms with Crippen LogP contribution in [0.1, 0.15) is 47.0 Å². The molecule has 2 heterocycles. The summed E-state index contributed by atoms with van der Waals surface area (Å²) in [6.45, 7) is 14.0. The van der Waals surface area contributed by atoms with Crippen molar-refractivity contribution in [2.75, 3.05) is 26.2 Å². The first-order valence-electron chi connectivity index (χ1n) is 6.75. The van der Waals surface area contributed by atoms with E-state index in [1.165, 1.54) is 45.4 Å². The Balaban J connectivity index is 0.000000531. The third-order valence-corrected chi connectivity index (χ3v) is 3.58. The first kappa shape index (κ1) is 13.0. The molecule has 15 heavy (non-hydrogen) atoms. The van der Waals surface area contributed by atoms with Crippen molar-refractivity contribution in [2.24, 2.45) is 0 Å². The Morgan fingerprint density at radius 3 is 2.07 bits per heavy atom. The van der Waals surface area contributed by atoms with E-state index < -0.39 is 0 Å². The van der Waals surface area contributed by atoms with Gasteiger partial charge in [0.15, 0.2) is 0 Å². The molecule has 2 nitrogen and oxygen atoms in total. The average molecular weight is 212 g/mol. The minimum atomic E-state index is 0.743. The molecule has 1 unspecified atom stereocenters. The highest BCUT2D eigenvalue weighted by Crippen LogP contribution is 2.21. The Bertz CT molecular complexity index is 162. The molecule has 0 amide bonds. The zero-order valence-electron chi connectivity index (χ0n) is 11.0. The van der Waals surface area contributed by atoms with Crippen LogP contribution in [0.15, 0.2) is 0 Å². The summed E-state index contributed by atoms with van der Waals surface area (Å²) in [6.07, 6.45) is 4.26. The lowest BCUT2D eigenvalue weighted by Gasteiger charge is -2.25. The Hall–Kier alpha value is -0.0800. The highest BCUT2D eigenvalue weighted by atomic mass is 15.3. The summed E-state index contributed by atoms with van der Waals surface area (Å²) < 4.78 is 0. The van der Waals surface area contributed by atoms with E-state index in [2.05, 4.69) is 23.6 Å². The fraction of sp³-hybridized carbons (Fsp3) is 1.00. The van der Waals surface area contributed by atoms with Crippen molar-refractivity contribution in [3.05, 3.63) is 0 Å². The molecule has 0 aromatic heterocycles. The van der Waals surface area contributed by atoms with Crippen molar-refractivity contribution in [3.8, 4) is 0 Å². The van der Waals surface area contributed by atoms with E-state index in [1.54, 1.807) is 0 Å². The molecule has 0 aliphatic carbocycles. The van der Waals surface area contributed by atoms with Crippen molar-refractivity contribution >= 4 is 0 Å². The van der Waals surface area contributed by atoms with Gasteiger partial charge in [0.25, 0.3) is 0 Å². The molecule has 2 saturated heterocycles. The van der Waals surface area contributed by atoms with Gasteiger partial charge in [0.2, 0.25) is 0 Å². The second kappa shape index (κ2) is 6.49. The van der Waals surface area contributed by atoms with Crippen molar-refractivity contribution in [1.82, 2.24) is 9.80 Å². The Morgan fingerprint density at radius 2 is 1.60 bits per heavy atom. The van der Waals surface area contributed by atoms with Gasteiger partial charge in [-0.2, -0.15) is 0 Å². The molecule has 2 aliphatic heterocycles. The molecule has 2 rings (SSSR count). The average Bonchev–Trinajstić information content (AvgIpc) is 2.91. The van der Waals surface area contributed by atoms with Gasteiger partial charge in [0, 0.05) is 25.2 Å². The van der Waals surface area contributed by atoms with E-state index in [-0.39, 0.29) is 0 Å². The molecule has 2 aliphatic rings. The van der Waals surface area contributed by atoms with Gasteiger partial charge in [-0.25, -0.2) is 0 Å². The zero-order chi connectivity index (χ0) is 11.3. The standard InChI is InChI=1S/C11H22N2.C2H6/c1-10(2)13-8-5-11(9-13)12-6-3-4-7-12;1-2/h10-11H,3-9H2,1-2H3;1-2H3. The van der Waals surface area contributed by atoms with Gasteiger partial charge in [0.1, 0.15) is 0 Å². The van der Waals surface area contributed by atoms with Crippen LogP contribution in [0.25, 0.3) is 0 Å². The SMILES string of the molecule is CC.CC(C)N1CCC(N2CCCC2)C1. The van der Waals surface area contributed by atoms with Gasteiger partial charge in [-0.1, -0.05) is 13.8 Å². The highest BCUT2D eigenvalue weighted by molar-refractivity contribution is 4.86. The maximum absolute atomic E-state index is 2.70. The third kappa shape index (κ3) is 3.46. The summed E-state index contributed by atoms with van der Waals surface area (Å²) in [5.74, 6) is 0. The highest BCUT2D eigenvalue weighted by Gasteiger charge is 2.29. The summed E-state index contributed by atoms with van der Waals surface area (Å²) in [6, 6.07) is 1.62. The molecule has 2 heteroatoms. The molecule has 0 saturated carbocycles. The minimum Gasteiger partial charge on any atom is -0.299 e. The van der Waals surface area contributed by atoms with Gasteiger partial charge in [-0.15, -0.1) is 0 Å². The predicted molar refractivity (Wildman–Crippen MR) is 67.3 cm³/mol. The maximum atomic E-state index is 2.70. The summed E-state index contributed by atoms with van der Waals surface area (Å²) in [5, 5.41) is 0. The molecule has 2 fully saturated rings. The quantitative estimate of drug-likeness (QED) is 0.694. The second-order valence-corrected chi connectivity index (χ2v) is 4.77. The molecule has 0 spiro atoms. The number of hydrogen-bond acceptors (Lipinski definition) is 2. The van der Waals surface area contributed by atoms with E-state index in [1.807, 2.05) is 13.8 Å². The van der Waals surface area contributed by atoms with Gasteiger partial charge in [-0.05, 0) is 46.2 Å². The lowest BCUT2D eigenvalue weighted by molar-refractivity contribution is 0.214. The van der Waals surface area contributed by atoms with Crippen molar-refractivity contribution in [1.29, 1.82) is 0 Å². The second-order valence-electron chi connectivity index (χ2n) is 4.77. The predicted octanol–water partition coefficient (Wildman–Crippen LogP) is 2.59. The van der Waals surface area contributed by atoms with Crippen LogP contribution in [0.4, 0.5) is 0 Å². The largest absolute Gasteiger partial charge is 0.299 e. The first-order valence-corrected chi connectivity index (χ1v) is 6.75. The molecular formula is C13H28N2. The van der Waals surface area contributed by atoms with Crippen LogP contribution in [0, 0.1) is 0 Å². The van der Waals surface area contributed by atoms with Gasteiger partial charge >= 0.3 is 0 Å². The lowest BCUT2D eigenvalue weighted by atomic mass is 10.2. The molecule has 0 aromatic rings. The molecule has 0 bridgehead atoms. The van der Waals surface area contributed by atoms with Crippen molar-refractivity contribution in [3.63, 3.8) is 0 Å². The topological polar surface area (TPSA) is 6.48 Å². The third-order valence-electron chi connectivity index (χ3n) is 3.58. The molecule has 0 aromatic carbocycles. The van der Waals surface area contributed by atoms with Gasteiger partial charge in [-0.3, -0.25) is 9.80 Å². The Kier molecular flexibility index (Phi) is 5.62. The van der Waals surface area contributed by atoms with Crippen LogP contribution in [0.3, 0.4) is 0 Å². The van der Waals surface area contributed by atoms with Crippen LogP contribution >= 0.6 is 0 Å². The molecule has 0 N–H and O–H groups in total. The fourth-order valence-electron chi connectivity index (χ4n) is 2.64. The van der Waals surface area contributed by atoms with Gasteiger partial charge < -0.3 is 0 Å². The van der Waals surface area contributed by atoms with E-state index in [4.69, 9.17) is 0 Å². The van der Waals surface area contributed by atoms with Crippen LogP contribution in [-0.4, -0.2) is 48.1 Å². The fourth-order valence-corrected chi connectivity index (χ4v) is 2.64.